The number of benzene rings is 1. The molecule has 0 heterocycles. The van der Waals surface area contributed by atoms with E-state index in [-0.39, 0.29) is 0 Å². The van der Waals surface area contributed by atoms with Gasteiger partial charge in [-0.2, -0.15) is 0 Å². The summed E-state index contributed by atoms with van der Waals surface area (Å²) in [6.45, 7) is 3.03. The summed E-state index contributed by atoms with van der Waals surface area (Å²) in [4.78, 5) is 0. The Bertz CT molecular complexity index is 261. The molecular weight excluding hydrogens is 152 g/mol. The van der Waals surface area contributed by atoms with Gasteiger partial charge in [-0.3, -0.25) is 0 Å². The van der Waals surface area contributed by atoms with Crippen LogP contribution in [0.3, 0.4) is 0 Å². The molecule has 0 aliphatic heterocycles. The first-order valence-corrected chi connectivity index (χ1v) is 3.93. The van der Waals surface area contributed by atoms with Gasteiger partial charge in [-0.15, -0.1) is 0 Å². The standard InChI is InChI=1S/C9H14N2O/c1-7-6-8(12-5-4-10)2-3-9(7)11/h2-3,6H,4-5,10-11H2,1H3. The van der Waals surface area contributed by atoms with Crippen molar-refractivity contribution < 1.29 is 4.74 Å². The lowest BCUT2D eigenvalue weighted by molar-refractivity contribution is 0.328. The van der Waals surface area contributed by atoms with E-state index in [1.165, 1.54) is 0 Å². The van der Waals surface area contributed by atoms with Crippen LogP contribution in [0.2, 0.25) is 0 Å². The summed E-state index contributed by atoms with van der Waals surface area (Å²) in [7, 11) is 0. The fourth-order valence-electron chi connectivity index (χ4n) is 0.915. The lowest BCUT2D eigenvalue weighted by Crippen LogP contribution is -2.10. The number of anilines is 1. The van der Waals surface area contributed by atoms with Gasteiger partial charge in [0.05, 0.1) is 0 Å². The Hall–Kier alpha value is -1.22. The van der Waals surface area contributed by atoms with Gasteiger partial charge in [-0.25, -0.2) is 0 Å². The Kier molecular flexibility index (Phi) is 2.94. The molecule has 66 valence electrons. The topological polar surface area (TPSA) is 61.3 Å². The van der Waals surface area contributed by atoms with Crippen LogP contribution in [0.15, 0.2) is 18.2 Å². The molecule has 0 atom stereocenters. The molecule has 0 saturated carbocycles. The molecule has 0 saturated heterocycles. The Morgan fingerprint density at radius 1 is 1.42 bits per heavy atom. The van der Waals surface area contributed by atoms with E-state index in [4.69, 9.17) is 16.2 Å². The van der Waals surface area contributed by atoms with E-state index in [0.717, 1.165) is 17.0 Å². The van der Waals surface area contributed by atoms with E-state index in [9.17, 15) is 0 Å². The number of nitrogens with two attached hydrogens (primary N) is 2. The first-order chi connectivity index (χ1) is 5.74. The van der Waals surface area contributed by atoms with Crippen molar-refractivity contribution in [2.45, 2.75) is 6.92 Å². The molecular formula is C9H14N2O. The lowest BCUT2D eigenvalue weighted by Gasteiger charge is -2.06. The van der Waals surface area contributed by atoms with Gasteiger partial charge in [0.25, 0.3) is 0 Å². The quantitative estimate of drug-likeness (QED) is 0.656. The van der Waals surface area contributed by atoms with Crippen molar-refractivity contribution in [3.05, 3.63) is 23.8 Å². The highest BCUT2D eigenvalue weighted by Crippen LogP contribution is 2.18. The fourth-order valence-corrected chi connectivity index (χ4v) is 0.915. The molecule has 3 heteroatoms. The molecule has 12 heavy (non-hydrogen) atoms. The summed E-state index contributed by atoms with van der Waals surface area (Å²) in [6.07, 6.45) is 0. The zero-order valence-corrected chi connectivity index (χ0v) is 7.21. The Balaban J connectivity index is 2.69. The first kappa shape index (κ1) is 8.87. The minimum Gasteiger partial charge on any atom is -0.492 e. The third kappa shape index (κ3) is 2.13. The van der Waals surface area contributed by atoms with Crippen molar-refractivity contribution in [2.75, 3.05) is 18.9 Å². The third-order valence-corrected chi connectivity index (χ3v) is 1.63. The monoisotopic (exact) mass is 166 g/mol. The Morgan fingerprint density at radius 2 is 2.17 bits per heavy atom. The van der Waals surface area contributed by atoms with Crippen molar-refractivity contribution >= 4 is 5.69 Å². The molecule has 0 unspecified atom stereocenters. The molecule has 1 aromatic carbocycles. The average molecular weight is 166 g/mol. The highest BCUT2D eigenvalue weighted by molar-refractivity contribution is 5.49. The van der Waals surface area contributed by atoms with Gasteiger partial charge in [0.2, 0.25) is 0 Å². The van der Waals surface area contributed by atoms with Crippen LogP contribution >= 0.6 is 0 Å². The van der Waals surface area contributed by atoms with Crippen LogP contribution in [0.4, 0.5) is 5.69 Å². The summed E-state index contributed by atoms with van der Waals surface area (Å²) >= 11 is 0. The molecule has 1 aromatic rings. The molecule has 3 nitrogen and oxygen atoms in total. The minimum atomic E-state index is 0.531. The normalized spacial score (nSPS) is 9.83. The van der Waals surface area contributed by atoms with Crippen molar-refractivity contribution in [2.24, 2.45) is 5.73 Å². The number of hydrogen-bond acceptors (Lipinski definition) is 3. The van der Waals surface area contributed by atoms with E-state index < -0.39 is 0 Å². The minimum absolute atomic E-state index is 0.531. The van der Waals surface area contributed by atoms with Gasteiger partial charge in [-0.05, 0) is 30.7 Å². The summed E-state index contributed by atoms with van der Waals surface area (Å²) < 4.78 is 5.31. The van der Waals surface area contributed by atoms with Crippen molar-refractivity contribution in [3.63, 3.8) is 0 Å². The van der Waals surface area contributed by atoms with Gasteiger partial charge >= 0.3 is 0 Å². The largest absolute Gasteiger partial charge is 0.492 e. The molecule has 4 N–H and O–H groups in total. The smallest absolute Gasteiger partial charge is 0.119 e. The van der Waals surface area contributed by atoms with E-state index in [1.807, 2.05) is 25.1 Å². The molecule has 1 rings (SSSR count). The number of aryl methyl sites for hydroxylation is 1. The number of rotatable bonds is 3. The van der Waals surface area contributed by atoms with Crippen LogP contribution in [0.1, 0.15) is 5.56 Å². The highest BCUT2D eigenvalue weighted by Gasteiger charge is 1.96. The number of ether oxygens (including phenoxy) is 1. The van der Waals surface area contributed by atoms with Crippen molar-refractivity contribution in [1.29, 1.82) is 0 Å². The number of nitrogen functional groups attached to an aromatic ring is 1. The second kappa shape index (κ2) is 3.97. The summed E-state index contributed by atoms with van der Waals surface area (Å²) in [5, 5.41) is 0. The lowest BCUT2D eigenvalue weighted by atomic mass is 10.2. The summed E-state index contributed by atoms with van der Waals surface area (Å²) in [5.74, 6) is 0.826. The highest BCUT2D eigenvalue weighted by atomic mass is 16.5. The second-order valence-electron chi connectivity index (χ2n) is 2.66. The van der Waals surface area contributed by atoms with Crippen LogP contribution in [0, 0.1) is 6.92 Å². The van der Waals surface area contributed by atoms with Gasteiger partial charge in [-0.1, -0.05) is 0 Å². The van der Waals surface area contributed by atoms with Crippen molar-refractivity contribution in [1.82, 2.24) is 0 Å². The molecule has 0 aliphatic carbocycles. The summed E-state index contributed by atoms with van der Waals surface area (Å²) in [6, 6.07) is 5.59. The average Bonchev–Trinajstić information content (AvgIpc) is 2.07. The zero-order valence-electron chi connectivity index (χ0n) is 7.21. The molecule has 0 amide bonds. The predicted molar refractivity (Wildman–Crippen MR) is 50.1 cm³/mol. The molecule has 0 aromatic heterocycles. The Labute approximate surface area is 72.3 Å². The number of hydrogen-bond donors (Lipinski definition) is 2. The van der Waals surface area contributed by atoms with Crippen LogP contribution in [-0.4, -0.2) is 13.2 Å². The van der Waals surface area contributed by atoms with E-state index in [1.54, 1.807) is 0 Å². The SMILES string of the molecule is Cc1cc(OCCN)ccc1N. The van der Waals surface area contributed by atoms with E-state index in [2.05, 4.69) is 0 Å². The van der Waals surface area contributed by atoms with Crippen LogP contribution in [0.25, 0.3) is 0 Å². The van der Waals surface area contributed by atoms with Crippen LogP contribution in [0.5, 0.6) is 5.75 Å². The van der Waals surface area contributed by atoms with Crippen molar-refractivity contribution in [3.8, 4) is 5.75 Å². The third-order valence-electron chi connectivity index (χ3n) is 1.63. The molecule has 0 radical (unpaired) electrons. The molecule has 0 bridgehead atoms. The molecule has 0 aliphatic rings. The Morgan fingerprint density at radius 3 is 2.75 bits per heavy atom. The maximum Gasteiger partial charge on any atom is 0.119 e. The van der Waals surface area contributed by atoms with Crippen LogP contribution < -0.4 is 16.2 Å². The maximum atomic E-state index is 5.64. The maximum absolute atomic E-state index is 5.64. The van der Waals surface area contributed by atoms with Gasteiger partial charge in [0.15, 0.2) is 0 Å². The van der Waals surface area contributed by atoms with E-state index >= 15 is 0 Å². The van der Waals surface area contributed by atoms with Crippen LogP contribution in [-0.2, 0) is 0 Å². The zero-order chi connectivity index (χ0) is 8.97. The summed E-state index contributed by atoms with van der Waals surface area (Å²) in [5.41, 5.74) is 12.8. The van der Waals surface area contributed by atoms with Gasteiger partial charge in [0, 0.05) is 12.2 Å². The van der Waals surface area contributed by atoms with Gasteiger partial charge in [0.1, 0.15) is 12.4 Å². The van der Waals surface area contributed by atoms with E-state index in [0.29, 0.717) is 13.2 Å². The molecule has 0 spiro atoms. The second-order valence-corrected chi connectivity index (χ2v) is 2.66. The predicted octanol–water partition coefficient (Wildman–Crippen LogP) is 0.915. The first-order valence-electron chi connectivity index (χ1n) is 3.93. The van der Waals surface area contributed by atoms with Gasteiger partial charge < -0.3 is 16.2 Å². The molecule has 0 fully saturated rings. The fraction of sp³-hybridized carbons (Fsp3) is 0.333.